The molecule has 0 bridgehead atoms. The van der Waals surface area contributed by atoms with Crippen molar-refractivity contribution in [2.45, 2.75) is 19.3 Å². The van der Waals surface area contributed by atoms with Crippen LogP contribution < -0.4 is 11.1 Å². The van der Waals surface area contributed by atoms with Crippen molar-refractivity contribution in [2.75, 3.05) is 13.7 Å². The Balaban J connectivity index is 2.08. The van der Waals surface area contributed by atoms with Crippen molar-refractivity contribution in [3.8, 4) is 0 Å². The number of hydrogen-bond acceptors (Lipinski definition) is 3. The summed E-state index contributed by atoms with van der Waals surface area (Å²) in [5.74, 6) is -0.0716. The van der Waals surface area contributed by atoms with Crippen molar-refractivity contribution in [3.63, 3.8) is 0 Å². The maximum absolute atomic E-state index is 12.2. The number of amides is 2. The lowest BCUT2D eigenvalue weighted by molar-refractivity contribution is -0.124. The molecule has 2 atom stereocenters. The average molecular weight is 312 g/mol. The van der Waals surface area contributed by atoms with E-state index in [4.69, 9.17) is 10.5 Å². The molecule has 3 rings (SSSR count). The summed E-state index contributed by atoms with van der Waals surface area (Å²) in [7, 11) is 1.56. The van der Waals surface area contributed by atoms with Gasteiger partial charge < -0.3 is 15.8 Å². The fraction of sp³-hybridized carbons (Fsp3) is 0.333. The molecule has 23 heavy (non-hydrogen) atoms. The van der Waals surface area contributed by atoms with Gasteiger partial charge in [-0.15, -0.1) is 0 Å². The molecule has 0 saturated carbocycles. The second kappa shape index (κ2) is 5.57. The number of primary amides is 1. The molecule has 0 radical (unpaired) electrons. The van der Waals surface area contributed by atoms with Crippen LogP contribution in [0.15, 0.2) is 53.3 Å². The van der Waals surface area contributed by atoms with E-state index in [0.717, 1.165) is 11.1 Å². The molecule has 2 amide bonds. The third-order valence-corrected chi connectivity index (χ3v) is 4.61. The highest BCUT2D eigenvalue weighted by molar-refractivity contribution is 5.99. The van der Waals surface area contributed by atoms with Gasteiger partial charge in [-0.3, -0.25) is 9.59 Å². The van der Waals surface area contributed by atoms with Crippen LogP contribution >= 0.6 is 0 Å². The lowest BCUT2D eigenvalue weighted by atomic mass is 9.73. The van der Waals surface area contributed by atoms with Crippen LogP contribution in [0.3, 0.4) is 0 Å². The molecular formula is C18H20N2O3. The van der Waals surface area contributed by atoms with Crippen LogP contribution in [0.4, 0.5) is 0 Å². The van der Waals surface area contributed by atoms with Gasteiger partial charge in [0.15, 0.2) is 0 Å². The number of carbonyl (C=O) groups excluding carboxylic acids is 2. The maximum Gasteiger partial charge on any atom is 0.254 e. The number of carbonyl (C=O) groups is 2. The molecule has 5 nitrogen and oxygen atoms in total. The van der Waals surface area contributed by atoms with E-state index in [2.05, 4.69) is 5.32 Å². The SMILES string of the molecule is CNC(=O)C1=CC(C)(C(N)=O)CC2=C1OCC2c1ccccc1. The molecule has 0 spiro atoms. The highest BCUT2D eigenvalue weighted by Crippen LogP contribution is 2.47. The van der Waals surface area contributed by atoms with Crippen molar-refractivity contribution in [2.24, 2.45) is 11.1 Å². The minimum atomic E-state index is -0.887. The molecule has 1 aromatic rings. The summed E-state index contributed by atoms with van der Waals surface area (Å²) in [6.07, 6.45) is 2.11. The molecule has 3 N–H and O–H groups in total. The zero-order chi connectivity index (χ0) is 16.6. The normalized spacial score (nSPS) is 26.2. The Hall–Kier alpha value is -2.56. The molecule has 1 aromatic carbocycles. The summed E-state index contributed by atoms with van der Waals surface area (Å²) >= 11 is 0. The van der Waals surface area contributed by atoms with E-state index in [1.54, 1.807) is 20.0 Å². The van der Waals surface area contributed by atoms with E-state index in [-0.39, 0.29) is 11.8 Å². The van der Waals surface area contributed by atoms with Gasteiger partial charge in [-0.05, 0) is 24.5 Å². The molecule has 120 valence electrons. The Kier molecular flexibility index (Phi) is 3.72. The Bertz CT molecular complexity index is 721. The van der Waals surface area contributed by atoms with Crippen LogP contribution in [-0.4, -0.2) is 25.5 Å². The van der Waals surface area contributed by atoms with Crippen LogP contribution in [0, 0.1) is 5.41 Å². The first-order chi connectivity index (χ1) is 11.0. The first-order valence-electron chi connectivity index (χ1n) is 7.62. The standard InChI is InChI=1S/C18H20N2O3/c1-18(17(19)22)8-12-14(11-6-4-3-5-7-11)10-23-15(12)13(9-18)16(21)20-2/h3-7,9,14H,8,10H2,1-2H3,(H2,19,22)(H,20,21). The average Bonchev–Trinajstić information content (AvgIpc) is 2.97. The Morgan fingerprint density at radius 3 is 2.61 bits per heavy atom. The van der Waals surface area contributed by atoms with E-state index < -0.39 is 11.3 Å². The van der Waals surface area contributed by atoms with E-state index in [9.17, 15) is 9.59 Å². The van der Waals surface area contributed by atoms with Crippen molar-refractivity contribution in [1.82, 2.24) is 5.32 Å². The molecule has 1 heterocycles. The molecule has 0 aromatic heterocycles. The maximum atomic E-state index is 12.2. The molecule has 5 heteroatoms. The van der Waals surface area contributed by atoms with Crippen molar-refractivity contribution >= 4 is 11.8 Å². The van der Waals surface area contributed by atoms with Crippen LogP contribution in [0.5, 0.6) is 0 Å². The van der Waals surface area contributed by atoms with E-state index in [0.29, 0.717) is 24.4 Å². The zero-order valence-corrected chi connectivity index (χ0v) is 13.3. The number of likely N-dealkylation sites (N-methyl/N-ethyl adjacent to an activating group) is 1. The quantitative estimate of drug-likeness (QED) is 0.890. The number of nitrogens with one attached hydrogen (secondary N) is 1. The minimum Gasteiger partial charge on any atom is -0.492 e. The summed E-state index contributed by atoms with van der Waals surface area (Å²) in [5, 5.41) is 2.61. The summed E-state index contributed by atoms with van der Waals surface area (Å²) in [6.45, 7) is 2.24. The van der Waals surface area contributed by atoms with Crippen molar-refractivity contribution < 1.29 is 14.3 Å². The lowest BCUT2D eigenvalue weighted by Gasteiger charge is -2.30. The Morgan fingerprint density at radius 1 is 1.30 bits per heavy atom. The predicted molar refractivity (Wildman–Crippen MR) is 86.2 cm³/mol. The number of ether oxygens (including phenoxy) is 1. The summed E-state index contributed by atoms with van der Waals surface area (Å²) in [4.78, 5) is 24.2. The van der Waals surface area contributed by atoms with Gasteiger partial charge in [0.2, 0.25) is 5.91 Å². The second-order valence-electron chi connectivity index (χ2n) is 6.22. The molecule has 0 fully saturated rings. The highest BCUT2D eigenvalue weighted by atomic mass is 16.5. The summed E-state index contributed by atoms with van der Waals surface area (Å²) in [6, 6.07) is 9.96. The molecular weight excluding hydrogens is 292 g/mol. The molecule has 2 aliphatic rings. The van der Waals surface area contributed by atoms with Gasteiger partial charge in [0, 0.05) is 13.0 Å². The predicted octanol–water partition coefficient (Wildman–Crippen LogP) is 1.62. The van der Waals surface area contributed by atoms with Crippen LogP contribution in [-0.2, 0) is 14.3 Å². The van der Waals surface area contributed by atoms with Crippen LogP contribution in [0.2, 0.25) is 0 Å². The lowest BCUT2D eigenvalue weighted by Crippen LogP contribution is -2.37. The van der Waals surface area contributed by atoms with Crippen LogP contribution in [0.25, 0.3) is 0 Å². The van der Waals surface area contributed by atoms with Gasteiger partial charge in [-0.25, -0.2) is 0 Å². The number of rotatable bonds is 3. The monoisotopic (exact) mass is 312 g/mol. The molecule has 2 unspecified atom stereocenters. The zero-order valence-electron chi connectivity index (χ0n) is 13.3. The van der Waals surface area contributed by atoms with E-state index in [1.165, 1.54) is 0 Å². The van der Waals surface area contributed by atoms with Gasteiger partial charge in [0.05, 0.1) is 17.6 Å². The fourth-order valence-electron chi connectivity index (χ4n) is 3.25. The van der Waals surface area contributed by atoms with Gasteiger partial charge in [0.25, 0.3) is 5.91 Å². The minimum absolute atomic E-state index is 0.0400. The van der Waals surface area contributed by atoms with E-state index in [1.807, 2.05) is 30.3 Å². The third-order valence-electron chi connectivity index (χ3n) is 4.61. The first-order valence-corrected chi connectivity index (χ1v) is 7.62. The number of hydrogen-bond donors (Lipinski definition) is 2. The smallest absolute Gasteiger partial charge is 0.254 e. The molecule has 0 saturated heterocycles. The Labute approximate surface area is 135 Å². The van der Waals surface area contributed by atoms with Gasteiger partial charge >= 0.3 is 0 Å². The van der Waals surface area contributed by atoms with Gasteiger partial charge in [0.1, 0.15) is 5.76 Å². The van der Waals surface area contributed by atoms with Crippen molar-refractivity contribution in [1.29, 1.82) is 0 Å². The summed E-state index contributed by atoms with van der Waals surface area (Å²) < 4.78 is 5.83. The van der Waals surface area contributed by atoms with Gasteiger partial charge in [-0.1, -0.05) is 36.4 Å². The van der Waals surface area contributed by atoms with Crippen molar-refractivity contribution in [3.05, 3.63) is 58.9 Å². The molecule has 1 aliphatic carbocycles. The third kappa shape index (κ3) is 2.52. The number of benzene rings is 1. The first kappa shape index (κ1) is 15.3. The Morgan fingerprint density at radius 2 is 2.00 bits per heavy atom. The second-order valence-corrected chi connectivity index (χ2v) is 6.22. The highest BCUT2D eigenvalue weighted by Gasteiger charge is 2.43. The van der Waals surface area contributed by atoms with Crippen LogP contribution in [0.1, 0.15) is 24.8 Å². The summed E-state index contributed by atoms with van der Waals surface area (Å²) in [5.41, 5.74) is 7.19. The largest absolute Gasteiger partial charge is 0.492 e. The fourth-order valence-corrected chi connectivity index (χ4v) is 3.25. The topological polar surface area (TPSA) is 81.4 Å². The van der Waals surface area contributed by atoms with E-state index >= 15 is 0 Å². The number of nitrogens with two attached hydrogens (primary N) is 1. The van der Waals surface area contributed by atoms with Gasteiger partial charge in [-0.2, -0.15) is 0 Å². The molecule has 1 aliphatic heterocycles.